The van der Waals surface area contributed by atoms with Crippen molar-refractivity contribution in [2.75, 3.05) is 39.0 Å². The number of nitrogens with zero attached hydrogens (tertiary/aromatic N) is 1. The highest BCUT2D eigenvalue weighted by Crippen LogP contribution is 2.28. The average molecular weight is 346 g/mol. The van der Waals surface area contributed by atoms with Crippen LogP contribution < -0.4 is 10.6 Å². The fourth-order valence-corrected chi connectivity index (χ4v) is 5.11. The minimum absolute atomic E-state index is 0.236. The summed E-state index contributed by atoms with van der Waals surface area (Å²) in [4.78, 5) is 15.1. The Labute approximate surface area is 140 Å². The van der Waals surface area contributed by atoms with Gasteiger partial charge in [0.05, 0.1) is 0 Å². The van der Waals surface area contributed by atoms with Crippen LogP contribution in [0.15, 0.2) is 0 Å². The van der Waals surface area contributed by atoms with Gasteiger partial charge in [0.25, 0.3) is 0 Å². The molecule has 0 bridgehead atoms. The molecule has 2 rings (SSSR count). The third-order valence-corrected chi connectivity index (χ3v) is 7.42. The Kier molecular flexibility index (Phi) is 6.08. The van der Waals surface area contributed by atoms with Gasteiger partial charge in [-0.1, -0.05) is 6.92 Å². The van der Waals surface area contributed by atoms with Crippen LogP contribution in [0.2, 0.25) is 0 Å². The number of amides is 1. The number of nitrogens with one attached hydrogen (secondary N) is 2. The van der Waals surface area contributed by atoms with Crippen LogP contribution in [0, 0.1) is 5.92 Å². The van der Waals surface area contributed by atoms with Crippen LogP contribution in [-0.2, 0) is 14.6 Å². The molecule has 2 unspecified atom stereocenters. The topological polar surface area (TPSA) is 78.5 Å². The van der Waals surface area contributed by atoms with Crippen LogP contribution in [0.4, 0.5) is 0 Å². The quantitative estimate of drug-likeness (QED) is 0.754. The zero-order valence-corrected chi connectivity index (χ0v) is 15.4. The highest BCUT2D eigenvalue weighted by Gasteiger charge is 2.48. The van der Waals surface area contributed by atoms with Crippen LogP contribution in [0.1, 0.15) is 39.5 Å². The minimum atomic E-state index is -3.43. The molecule has 0 saturated carbocycles. The van der Waals surface area contributed by atoms with Crippen molar-refractivity contribution in [3.63, 3.8) is 0 Å². The molecule has 6 nitrogen and oxygen atoms in total. The summed E-state index contributed by atoms with van der Waals surface area (Å²) in [6, 6.07) is 0.236. The second-order valence-corrected chi connectivity index (χ2v) is 9.64. The largest absolute Gasteiger partial charge is 0.353 e. The lowest BCUT2D eigenvalue weighted by atomic mass is 9.95. The number of hydrogen-bond donors (Lipinski definition) is 2. The lowest BCUT2D eigenvalue weighted by Crippen LogP contribution is -2.58. The predicted molar refractivity (Wildman–Crippen MR) is 92.1 cm³/mol. The molecule has 0 radical (unpaired) electrons. The van der Waals surface area contributed by atoms with E-state index in [2.05, 4.69) is 29.4 Å². The Morgan fingerprint density at radius 2 is 2.04 bits per heavy atom. The molecule has 7 heteroatoms. The van der Waals surface area contributed by atoms with E-state index in [4.69, 9.17) is 0 Å². The Hall–Kier alpha value is -0.660. The number of rotatable bonds is 5. The Bertz CT molecular complexity index is 515. The van der Waals surface area contributed by atoms with E-state index in [1.54, 1.807) is 0 Å². The first kappa shape index (κ1) is 18.7. The third-order valence-electron chi connectivity index (χ3n) is 5.40. The van der Waals surface area contributed by atoms with Gasteiger partial charge >= 0.3 is 0 Å². The normalized spacial score (nSPS) is 27.3. The summed E-state index contributed by atoms with van der Waals surface area (Å²) in [6.07, 6.45) is 4.35. The molecule has 134 valence electrons. The summed E-state index contributed by atoms with van der Waals surface area (Å²) in [5, 5.41) is 6.06. The molecule has 0 aromatic carbocycles. The van der Waals surface area contributed by atoms with Crippen molar-refractivity contribution < 1.29 is 13.2 Å². The second-order valence-electron chi connectivity index (χ2n) is 7.32. The molecule has 2 aliphatic heterocycles. The molecule has 2 fully saturated rings. The van der Waals surface area contributed by atoms with Crippen LogP contribution >= 0.6 is 0 Å². The number of carbonyl (C=O) groups excluding carboxylic acids is 1. The molecule has 2 saturated heterocycles. The van der Waals surface area contributed by atoms with Crippen molar-refractivity contribution >= 4 is 15.7 Å². The summed E-state index contributed by atoms with van der Waals surface area (Å²) in [5.41, 5.74) is 0. The van der Waals surface area contributed by atoms with Crippen LogP contribution in [0.25, 0.3) is 0 Å². The molecule has 2 heterocycles. The second kappa shape index (κ2) is 7.49. The number of sulfone groups is 1. The first-order valence-electron chi connectivity index (χ1n) is 8.69. The van der Waals surface area contributed by atoms with Gasteiger partial charge in [0.2, 0.25) is 5.91 Å². The molecule has 2 aliphatic rings. The highest BCUT2D eigenvalue weighted by molar-refractivity contribution is 7.92. The van der Waals surface area contributed by atoms with Crippen molar-refractivity contribution in [3.8, 4) is 0 Å². The maximum Gasteiger partial charge on any atom is 0.241 e. The van der Waals surface area contributed by atoms with Gasteiger partial charge in [-0.05, 0) is 58.2 Å². The fraction of sp³-hybridized carbons (Fsp3) is 0.938. The highest BCUT2D eigenvalue weighted by atomic mass is 32.2. The van der Waals surface area contributed by atoms with Crippen molar-refractivity contribution in [1.82, 2.24) is 15.5 Å². The molecule has 2 atom stereocenters. The molecule has 2 N–H and O–H groups in total. The zero-order chi connectivity index (χ0) is 17.1. The summed E-state index contributed by atoms with van der Waals surface area (Å²) in [7, 11) is -3.43. The number of hydrogen-bond acceptors (Lipinski definition) is 5. The Morgan fingerprint density at radius 1 is 1.39 bits per heavy atom. The van der Waals surface area contributed by atoms with Gasteiger partial charge in [-0.3, -0.25) is 9.69 Å². The van der Waals surface area contributed by atoms with Crippen LogP contribution in [0.5, 0.6) is 0 Å². The van der Waals surface area contributed by atoms with Gasteiger partial charge in [0, 0.05) is 25.4 Å². The van der Waals surface area contributed by atoms with Crippen molar-refractivity contribution in [3.05, 3.63) is 0 Å². The molecular formula is C16H31N3O3S. The maximum atomic E-state index is 12.7. The van der Waals surface area contributed by atoms with E-state index in [1.807, 2.05) is 0 Å². The number of piperidine rings is 2. The minimum Gasteiger partial charge on any atom is -0.353 e. The molecule has 0 aliphatic carbocycles. The number of carbonyl (C=O) groups is 1. The molecule has 0 spiro atoms. The molecule has 0 aromatic rings. The summed E-state index contributed by atoms with van der Waals surface area (Å²) in [6.45, 7) is 8.12. The molecule has 23 heavy (non-hydrogen) atoms. The van der Waals surface area contributed by atoms with Gasteiger partial charge in [-0.25, -0.2) is 8.42 Å². The van der Waals surface area contributed by atoms with E-state index in [0.717, 1.165) is 13.1 Å². The van der Waals surface area contributed by atoms with Gasteiger partial charge < -0.3 is 10.6 Å². The number of likely N-dealkylation sites (tertiary alicyclic amines) is 1. The summed E-state index contributed by atoms with van der Waals surface area (Å²) < 4.78 is 23.2. The standard InChI is InChI=1S/C16H31N3O3S/c1-13-5-4-10-19(12-13)14(2)11-18-15(20)16(23(3,21)22)6-8-17-9-7-16/h13-14,17H,4-12H2,1-3H3,(H,18,20). The van der Waals surface area contributed by atoms with E-state index in [0.29, 0.717) is 38.4 Å². The van der Waals surface area contributed by atoms with Gasteiger partial charge in [0.15, 0.2) is 14.6 Å². The van der Waals surface area contributed by atoms with E-state index >= 15 is 0 Å². The lowest BCUT2D eigenvalue weighted by molar-refractivity contribution is -0.124. The SMILES string of the molecule is CC1CCCN(C(C)CNC(=O)C2(S(C)(=O)=O)CCNCC2)C1. The lowest BCUT2D eigenvalue weighted by Gasteiger charge is -2.37. The first-order chi connectivity index (χ1) is 10.8. The van der Waals surface area contributed by atoms with Crippen molar-refractivity contribution in [1.29, 1.82) is 0 Å². The van der Waals surface area contributed by atoms with Crippen molar-refractivity contribution in [2.24, 2.45) is 5.92 Å². The van der Waals surface area contributed by atoms with E-state index in [-0.39, 0.29) is 11.9 Å². The molecule has 0 aromatic heterocycles. The van der Waals surface area contributed by atoms with E-state index < -0.39 is 14.6 Å². The third kappa shape index (κ3) is 4.25. The average Bonchev–Trinajstić information content (AvgIpc) is 2.51. The van der Waals surface area contributed by atoms with Crippen LogP contribution in [0.3, 0.4) is 0 Å². The Balaban J connectivity index is 1.96. The maximum absolute atomic E-state index is 12.7. The van der Waals surface area contributed by atoms with E-state index in [9.17, 15) is 13.2 Å². The van der Waals surface area contributed by atoms with E-state index in [1.165, 1.54) is 19.1 Å². The van der Waals surface area contributed by atoms with Gasteiger partial charge in [0.1, 0.15) is 0 Å². The molecular weight excluding hydrogens is 314 g/mol. The predicted octanol–water partition coefficient (Wildman–Crippen LogP) is 0.390. The summed E-state index contributed by atoms with van der Waals surface area (Å²) in [5.74, 6) is 0.368. The fourth-order valence-electron chi connectivity index (χ4n) is 3.75. The van der Waals surface area contributed by atoms with Gasteiger partial charge in [-0.2, -0.15) is 0 Å². The van der Waals surface area contributed by atoms with Gasteiger partial charge in [-0.15, -0.1) is 0 Å². The molecule has 1 amide bonds. The smallest absolute Gasteiger partial charge is 0.241 e. The summed E-state index contributed by atoms with van der Waals surface area (Å²) >= 11 is 0. The Morgan fingerprint density at radius 3 is 2.61 bits per heavy atom. The first-order valence-corrected chi connectivity index (χ1v) is 10.6. The van der Waals surface area contributed by atoms with Crippen LogP contribution in [-0.4, -0.2) is 69.0 Å². The monoisotopic (exact) mass is 345 g/mol. The van der Waals surface area contributed by atoms with Crippen molar-refractivity contribution in [2.45, 2.75) is 50.3 Å². The zero-order valence-electron chi connectivity index (χ0n) is 14.6.